The van der Waals surface area contributed by atoms with Gasteiger partial charge in [0.2, 0.25) is 0 Å². The summed E-state index contributed by atoms with van der Waals surface area (Å²) in [5.74, 6) is 0.187. The summed E-state index contributed by atoms with van der Waals surface area (Å²) in [4.78, 5) is 11.3. The lowest BCUT2D eigenvalue weighted by molar-refractivity contribution is -0.144. The third-order valence-electron chi connectivity index (χ3n) is 2.93. The Morgan fingerprint density at radius 2 is 2.23 bits per heavy atom. The zero-order chi connectivity index (χ0) is 10.1. The topological polar surface area (TPSA) is 38.8 Å². The molecule has 1 heterocycles. The van der Waals surface area contributed by atoms with Crippen molar-refractivity contribution in [2.45, 2.75) is 45.8 Å². The maximum absolute atomic E-state index is 11.3. The van der Waals surface area contributed by atoms with Crippen LogP contribution < -0.4 is 0 Å². The number of epoxide rings is 1. The van der Waals surface area contributed by atoms with Gasteiger partial charge < -0.3 is 9.47 Å². The van der Waals surface area contributed by atoms with Crippen LogP contribution in [-0.2, 0) is 14.3 Å². The second-order valence-corrected chi connectivity index (χ2v) is 3.74. The van der Waals surface area contributed by atoms with Gasteiger partial charge in [-0.15, -0.1) is 0 Å². The van der Waals surface area contributed by atoms with Crippen molar-refractivity contribution in [3.05, 3.63) is 0 Å². The van der Waals surface area contributed by atoms with Gasteiger partial charge >= 0.3 is 5.97 Å². The summed E-state index contributed by atoms with van der Waals surface area (Å²) < 4.78 is 10.3. The molecule has 0 aromatic rings. The van der Waals surface area contributed by atoms with Crippen LogP contribution in [0.5, 0.6) is 0 Å². The van der Waals surface area contributed by atoms with Crippen molar-refractivity contribution in [3.63, 3.8) is 0 Å². The Kier molecular flexibility index (Phi) is 2.96. The van der Waals surface area contributed by atoms with Crippen LogP contribution in [0.2, 0.25) is 0 Å². The number of rotatable bonds is 4. The summed E-state index contributed by atoms with van der Waals surface area (Å²) in [7, 11) is 0. The van der Waals surface area contributed by atoms with Crippen LogP contribution in [0.1, 0.15) is 34.1 Å². The molecular weight excluding hydrogens is 168 g/mol. The first kappa shape index (κ1) is 10.5. The van der Waals surface area contributed by atoms with Gasteiger partial charge in [0, 0.05) is 0 Å². The highest BCUT2D eigenvalue weighted by Gasteiger charge is 2.60. The van der Waals surface area contributed by atoms with Gasteiger partial charge in [0.05, 0.1) is 6.61 Å². The van der Waals surface area contributed by atoms with Crippen LogP contribution in [0.4, 0.5) is 0 Å². The van der Waals surface area contributed by atoms with Crippen molar-refractivity contribution >= 4 is 5.97 Å². The van der Waals surface area contributed by atoms with Gasteiger partial charge in [0.25, 0.3) is 0 Å². The Morgan fingerprint density at radius 3 is 2.69 bits per heavy atom. The average Bonchev–Trinajstić information content (AvgIpc) is 2.79. The molecule has 1 aliphatic rings. The van der Waals surface area contributed by atoms with Crippen LogP contribution >= 0.6 is 0 Å². The third-order valence-corrected chi connectivity index (χ3v) is 2.93. The Balaban J connectivity index is 2.47. The third kappa shape index (κ3) is 1.85. The van der Waals surface area contributed by atoms with Crippen LogP contribution in [0.25, 0.3) is 0 Å². The average molecular weight is 186 g/mol. The van der Waals surface area contributed by atoms with Crippen LogP contribution in [-0.4, -0.2) is 24.3 Å². The fraction of sp³-hybridized carbons (Fsp3) is 0.900. The molecule has 1 unspecified atom stereocenters. The minimum Gasteiger partial charge on any atom is -0.464 e. The first-order valence-electron chi connectivity index (χ1n) is 4.90. The lowest BCUT2D eigenvalue weighted by Gasteiger charge is -2.13. The van der Waals surface area contributed by atoms with E-state index < -0.39 is 0 Å². The lowest BCUT2D eigenvalue weighted by Crippen LogP contribution is -2.25. The highest BCUT2D eigenvalue weighted by Crippen LogP contribution is 2.44. The van der Waals surface area contributed by atoms with Gasteiger partial charge in [-0.1, -0.05) is 20.3 Å². The number of hydrogen-bond donors (Lipinski definition) is 0. The van der Waals surface area contributed by atoms with E-state index in [1.165, 1.54) is 0 Å². The molecular formula is C10H18O3. The minimum absolute atomic E-state index is 0.217. The Labute approximate surface area is 79.4 Å². The number of carbonyl (C=O) groups is 1. The standard InChI is InChI=1S/C10H18O3/c1-5-7(3)10(4)8(13-10)9(11)12-6-2/h7-8H,5-6H2,1-4H3/t7?,8-,10+/m0/s1. The van der Waals surface area contributed by atoms with Gasteiger partial charge in [0.1, 0.15) is 5.60 Å². The number of esters is 1. The second-order valence-electron chi connectivity index (χ2n) is 3.74. The predicted octanol–water partition coefficient (Wildman–Crippen LogP) is 1.75. The summed E-state index contributed by atoms with van der Waals surface area (Å²) in [6.07, 6.45) is 0.689. The van der Waals surface area contributed by atoms with Crippen molar-refractivity contribution in [2.24, 2.45) is 5.92 Å². The predicted molar refractivity (Wildman–Crippen MR) is 49.4 cm³/mol. The number of carbonyl (C=O) groups excluding carboxylic acids is 1. The molecule has 0 bridgehead atoms. The van der Waals surface area contributed by atoms with E-state index in [9.17, 15) is 4.79 Å². The van der Waals surface area contributed by atoms with E-state index in [4.69, 9.17) is 9.47 Å². The summed E-state index contributed by atoms with van der Waals surface area (Å²) in [5, 5.41) is 0. The molecule has 0 aliphatic carbocycles. The summed E-state index contributed by atoms with van der Waals surface area (Å²) >= 11 is 0. The molecule has 1 rings (SSSR count). The fourth-order valence-electron chi connectivity index (χ4n) is 1.50. The zero-order valence-corrected chi connectivity index (χ0v) is 8.79. The van der Waals surface area contributed by atoms with Crippen molar-refractivity contribution in [3.8, 4) is 0 Å². The molecule has 0 aromatic heterocycles. The van der Waals surface area contributed by atoms with Crippen LogP contribution in [0.15, 0.2) is 0 Å². The normalized spacial score (nSPS) is 34.0. The Hall–Kier alpha value is -0.570. The molecule has 1 aliphatic heterocycles. The largest absolute Gasteiger partial charge is 0.464 e. The monoisotopic (exact) mass is 186 g/mol. The molecule has 76 valence electrons. The number of hydrogen-bond acceptors (Lipinski definition) is 3. The van der Waals surface area contributed by atoms with E-state index in [1.807, 2.05) is 6.92 Å². The molecule has 0 radical (unpaired) electrons. The maximum atomic E-state index is 11.3. The van der Waals surface area contributed by atoms with Gasteiger partial charge in [-0.05, 0) is 19.8 Å². The molecule has 1 saturated heterocycles. The summed E-state index contributed by atoms with van der Waals surface area (Å²) in [6, 6.07) is 0. The van der Waals surface area contributed by atoms with Crippen molar-refractivity contribution in [2.75, 3.05) is 6.61 Å². The van der Waals surface area contributed by atoms with Gasteiger partial charge in [-0.25, -0.2) is 4.79 Å². The molecule has 0 saturated carbocycles. The summed E-state index contributed by atoms with van der Waals surface area (Å²) in [5.41, 5.74) is -0.277. The SMILES string of the molecule is CCOC(=O)[C@@H]1O[C@]1(C)C(C)CC. The zero-order valence-electron chi connectivity index (χ0n) is 8.79. The molecule has 1 fully saturated rings. The molecule has 0 amide bonds. The van der Waals surface area contributed by atoms with Crippen LogP contribution in [0.3, 0.4) is 0 Å². The van der Waals surface area contributed by atoms with E-state index in [-0.39, 0.29) is 17.7 Å². The van der Waals surface area contributed by atoms with Crippen molar-refractivity contribution in [1.82, 2.24) is 0 Å². The first-order chi connectivity index (χ1) is 6.06. The van der Waals surface area contributed by atoms with E-state index >= 15 is 0 Å². The maximum Gasteiger partial charge on any atom is 0.338 e. The Morgan fingerprint density at radius 1 is 1.62 bits per heavy atom. The molecule has 0 aromatic carbocycles. The lowest BCUT2D eigenvalue weighted by atomic mass is 9.90. The molecule has 0 spiro atoms. The van der Waals surface area contributed by atoms with E-state index in [2.05, 4.69) is 13.8 Å². The fourth-order valence-corrected chi connectivity index (χ4v) is 1.50. The number of ether oxygens (including phenoxy) is 2. The van der Waals surface area contributed by atoms with Crippen molar-refractivity contribution in [1.29, 1.82) is 0 Å². The molecule has 3 nitrogen and oxygen atoms in total. The molecule has 3 heteroatoms. The smallest absolute Gasteiger partial charge is 0.338 e. The van der Waals surface area contributed by atoms with Crippen LogP contribution in [0, 0.1) is 5.92 Å². The quantitative estimate of drug-likeness (QED) is 0.496. The molecule has 3 atom stereocenters. The molecule has 0 N–H and O–H groups in total. The summed E-state index contributed by atoms with van der Waals surface area (Å²) in [6.45, 7) is 8.40. The Bertz CT molecular complexity index is 202. The van der Waals surface area contributed by atoms with Gasteiger partial charge in [-0.2, -0.15) is 0 Å². The molecule has 13 heavy (non-hydrogen) atoms. The van der Waals surface area contributed by atoms with E-state index in [0.29, 0.717) is 12.5 Å². The van der Waals surface area contributed by atoms with Gasteiger partial charge in [0.15, 0.2) is 6.10 Å². The van der Waals surface area contributed by atoms with E-state index in [1.54, 1.807) is 6.92 Å². The van der Waals surface area contributed by atoms with Gasteiger partial charge in [-0.3, -0.25) is 0 Å². The minimum atomic E-state index is -0.331. The second kappa shape index (κ2) is 3.66. The highest BCUT2D eigenvalue weighted by molar-refractivity contribution is 5.79. The highest BCUT2D eigenvalue weighted by atomic mass is 16.7. The van der Waals surface area contributed by atoms with E-state index in [0.717, 1.165) is 6.42 Å². The first-order valence-corrected chi connectivity index (χ1v) is 4.90. The van der Waals surface area contributed by atoms with Crippen molar-refractivity contribution < 1.29 is 14.3 Å².